The molecule has 0 saturated carbocycles. The number of ketones is 1. The number of rotatable bonds is 2. The summed E-state index contributed by atoms with van der Waals surface area (Å²) in [5.41, 5.74) is 0.307. The SMILES string of the molecule is CC(C)(C)C(=O)c1nc(C2OCCO2)cs1. The molecule has 0 radical (unpaired) electrons. The lowest BCUT2D eigenvalue weighted by atomic mass is 9.91. The van der Waals surface area contributed by atoms with Gasteiger partial charge in [0.05, 0.1) is 13.2 Å². The van der Waals surface area contributed by atoms with Gasteiger partial charge < -0.3 is 9.47 Å². The molecule has 1 aromatic rings. The van der Waals surface area contributed by atoms with E-state index in [9.17, 15) is 4.79 Å². The van der Waals surface area contributed by atoms with E-state index >= 15 is 0 Å². The standard InChI is InChI=1S/C11H15NO3S/c1-11(2,3)8(13)9-12-7(6-16-9)10-14-4-5-15-10/h6,10H,4-5H2,1-3H3. The van der Waals surface area contributed by atoms with Gasteiger partial charge in [-0.25, -0.2) is 4.98 Å². The predicted molar refractivity (Wildman–Crippen MR) is 60.5 cm³/mol. The van der Waals surface area contributed by atoms with E-state index in [0.717, 1.165) is 0 Å². The fourth-order valence-electron chi connectivity index (χ4n) is 1.35. The molecule has 88 valence electrons. The first-order valence-electron chi connectivity index (χ1n) is 5.22. The minimum atomic E-state index is -0.396. The summed E-state index contributed by atoms with van der Waals surface area (Å²) >= 11 is 1.35. The van der Waals surface area contributed by atoms with Crippen LogP contribution < -0.4 is 0 Å². The van der Waals surface area contributed by atoms with Crippen LogP contribution >= 0.6 is 11.3 Å². The first-order chi connectivity index (χ1) is 7.48. The summed E-state index contributed by atoms with van der Waals surface area (Å²) in [7, 11) is 0. The van der Waals surface area contributed by atoms with Gasteiger partial charge in [-0.05, 0) is 0 Å². The molecule has 1 saturated heterocycles. The Morgan fingerprint density at radius 2 is 2.06 bits per heavy atom. The quantitative estimate of drug-likeness (QED) is 0.746. The van der Waals surface area contributed by atoms with Crippen LogP contribution in [-0.4, -0.2) is 24.0 Å². The van der Waals surface area contributed by atoms with Crippen LogP contribution in [0.3, 0.4) is 0 Å². The molecule has 4 nitrogen and oxygen atoms in total. The Bertz CT molecular complexity index is 388. The highest BCUT2D eigenvalue weighted by Gasteiger charge is 2.28. The maximum Gasteiger partial charge on any atom is 0.202 e. The van der Waals surface area contributed by atoms with Gasteiger partial charge in [-0.2, -0.15) is 0 Å². The van der Waals surface area contributed by atoms with Crippen LogP contribution in [-0.2, 0) is 9.47 Å². The van der Waals surface area contributed by atoms with Crippen molar-refractivity contribution in [2.75, 3.05) is 13.2 Å². The number of hydrogen-bond donors (Lipinski definition) is 0. The smallest absolute Gasteiger partial charge is 0.202 e. The third kappa shape index (κ3) is 2.31. The van der Waals surface area contributed by atoms with E-state index in [-0.39, 0.29) is 5.78 Å². The minimum absolute atomic E-state index is 0.0572. The predicted octanol–water partition coefficient (Wildman–Crippen LogP) is 2.42. The summed E-state index contributed by atoms with van der Waals surface area (Å²) in [5.74, 6) is 0.0572. The Morgan fingerprint density at radius 3 is 2.62 bits per heavy atom. The maximum atomic E-state index is 12.0. The number of thiazole rings is 1. The van der Waals surface area contributed by atoms with Crippen molar-refractivity contribution in [1.29, 1.82) is 0 Å². The Kier molecular flexibility index (Phi) is 3.10. The normalized spacial score (nSPS) is 17.9. The van der Waals surface area contributed by atoms with Crippen molar-refractivity contribution in [2.45, 2.75) is 27.1 Å². The van der Waals surface area contributed by atoms with Crippen molar-refractivity contribution in [3.63, 3.8) is 0 Å². The first-order valence-corrected chi connectivity index (χ1v) is 6.10. The third-order valence-corrected chi connectivity index (χ3v) is 3.12. The summed E-state index contributed by atoms with van der Waals surface area (Å²) < 4.78 is 10.7. The topological polar surface area (TPSA) is 48.4 Å². The number of Topliss-reactive ketones (excluding diaryl/α,β-unsaturated/α-hetero) is 1. The van der Waals surface area contributed by atoms with E-state index in [1.165, 1.54) is 11.3 Å². The Hall–Kier alpha value is -0.780. The average molecular weight is 241 g/mol. The minimum Gasteiger partial charge on any atom is -0.345 e. The van der Waals surface area contributed by atoms with Crippen molar-refractivity contribution in [3.8, 4) is 0 Å². The van der Waals surface area contributed by atoms with Crippen LogP contribution in [0.25, 0.3) is 0 Å². The van der Waals surface area contributed by atoms with Gasteiger partial charge in [0, 0.05) is 10.8 Å². The second-order valence-electron chi connectivity index (χ2n) is 4.73. The van der Waals surface area contributed by atoms with Gasteiger partial charge in [0.1, 0.15) is 5.69 Å². The number of nitrogens with zero attached hydrogens (tertiary/aromatic N) is 1. The lowest BCUT2D eigenvalue weighted by Gasteiger charge is -2.13. The molecule has 0 aromatic carbocycles. The van der Waals surface area contributed by atoms with Crippen molar-refractivity contribution >= 4 is 17.1 Å². The van der Waals surface area contributed by atoms with Crippen LogP contribution in [0.2, 0.25) is 0 Å². The molecule has 0 bridgehead atoms. The molecule has 0 spiro atoms. The molecular formula is C11H15NO3S. The zero-order valence-electron chi connectivity index (χ0n) is 9.65. The van der Waals surface area contributed by atoms with Gasteiger partial charge in [-0.15, -0.1) is 11.3 Å². The van der Waals surface area contributed by atoms with Crippen molar-refractivity contribution < 1.29 is 14.3 Å². The molecule has 1 fully saturated rings. The van der Waals surface area contributed by atoms with E-state index in [1.807, 2.05) is 26.2 Å². The molecule has 1 aliphatic rings. The van der Waals surface area contributed by atoms with E-state index in [2.05, 4.69) is 4.98 Å². The third-order valence-electron chi connectivity index (χ3n) is 2.26. The molecule has 16 heavy (non-hydrogen) atoms. The van der Waals surface area contributed by atoms with Crippen molar-refractivity contribution in [2.24, 2.45) is 5.41 Å². The van der Waals surface area contributed by atoms with E-state index in [4.69, 9.17) is 9.47 Å². The molecule has 0 atom stereocenters. The van der Waals surface area contributed by atoms with Gasteiger partial charge in [-0.1, -0.05) is 20.8 Å². The molecular weight excluding hydrogens is 226 g/mol. The van der Waals surface area contributed by atoms with E-state index < -0.39 is 11.7 Å². The molecule has 0 amide bonds. The lowest BCUT2D eigenvalue weighted by Crippen LogP contribution is -2.20. The highest BCUT2D eigenvalue weighted by Crippen LogP contribution is 2.28. The Labute approximate surface area is 98.6 Å². The average Bonchev–Trinajstić information content (AvgIpc) is 2.85. The lowest BCUT2D eigenvalue weighted by molar-refractivity contribution is -0.0469. The Balaban J connectivity index is 2.16. The zero-order valence-corrected chi connectivity index (χ0v) is 10.5. The van der Waals surface area contributed by atoms with Gasteiger partial charge in [0.15, 0.2) is 10.8 Å². The second-order valence-corrected chi connectivity index (χ2v) is 5.59. The molecule has 2 rings (SSSR count). The molecule has 1 aromatic heterocycles. The second kappa shape index (κ2) is 4.24. The van der Waals surface area contributed by atoms with E-state index in [0.29, 0.717) is 23.9 Å². The van der Waals surface area contributed by atoms with E-state index in [1.54, 1.807) is 0 Å². The largest absolute Gasteiger partial charge is 0.345 e. The number of carbonyl (C=O) groups excluding carboxylic acids is 1. The zero-order chi connectivity index (χ0) is 11.8. The molecule has 0 N–H and O–H groups in total. The fraction of sp³-hybridized carbons (Fsp3) is 0.636. The fourth-order valence-corrected chi connectivity index (χ4v) is 2.32. The number of hydrogen-bond acceptors (Lipinski definition) is 5. The number of ether oxygens (including phenoxy) is 2. The first kappa shape index (κ1) is 11.7. The molecule has 5 heteroatoms. The van der Waals surface area contributed by atoms with Crippen molar-refractivity contribution in [3.05, 3.63) is 16.1 Å². The summed E-state index contributed by atoms with van der Waals surface area (Å²) in [6.07, 6.45) is -0.391. The maximum absolute atomic E-state index is 12.0. The highest BCUT2D eigenvalue weighted by molar-refractivity contribution is 7.11. The van der Waals surface area contributed by atoms with Gasteiger partial charge in [-0.3, -0.25) is 4.79 Å². The van der Waals surface area contributed by atoms with Gasteiger partial charge in [0.25, 0.3) is 0 Å². The molecule has 0 unspecified atom stereocenters. The van der Waals surface area contributed by atoms with Crippen molar-refractivity contribution in [1.82, 2.24) is 4.98 Å². The monoisotopic (exact) mass is 241 g/mol. The van der Waals surface area contributed by atoms with Crippen LogP contribution in [0.15, 0.2) is 5.38 Å². The number of carbonyl (C=O) groups is 1. The van der Waals surface area contributed by atoms with Crippen LogP contribution in [0.4, 0.5) is 0 Å². The van der Waals surface area contributed by atoms with Crippen LogP contribution in [0.1, 0.15) is 42.6 Å². The molecule has 1 aliphatic heterocycles. The Morgan fingerprint density at radius 1 is 1.44 bits per heavy atom. The summed E-state index contributed by atoms with van der Waals surface area (Å²) in [4.78, 5) is 16.2. The van der Waals surface area contributed by atoms with Gasteiger partial charge in [0.2, 0.25) is 6.29 Å². The highest BCUT2D eigenvalue weighted by atomic mass is 32.1. The van der Waals surface area contributed by atoms with Crippen LogP contribution in [0, 0.1) is 5.41 Å². The molecule has 2 heterocycles. The summed E-state index contributed by atoms with van der Waals surface area (Å²) in [6.45, 7) is 6.84. The van der Waals surface area contributed by atoms with Gasteiger partial charge >= 0.3 is 0 Å². The number of aromatic nitrogens is 1. The van der Waals surface area contributed by atoms with Crippen LogP contribution in [0.5, 0.6) is 0 Å². The summed E-state index contributed by atoms with van der Waals surface area (Å²) in [5, 5.41) is 2.36. The molecule has 0 aliphatic carbocycles. The summed E-state index contributed by atoms with van der Waals surface area (Å²) in [6, 6.07) is 0.